The topological polar surface area (TPSA) is 286 Å². The lowest BCUT2D eigenvalue weighted by molar-refractivity contribution is -0.221. The van der Waals surface area contributed by atoms with Gasteiger partial charge < -0.3 is 45.0 Å². The van der Waals surface area contributed by atoms with Gasteiger partial charge in [0.2, 0.25) is 6.41 Å². The molecule has 2 unspecified atom stereocenters. The van der Waals surface area contributed by atoms with Crippen molar-refractivity contribution in [1.82, 2.24) is 14.9 Å². The van der Waals surface area contributed by atoms with Crippen LogP contribution in [0.3, 0.4) is 0 Å². The van der Waals surface area contributed by atoms with Gasteiger partial charge in [-0.05, 0) is 0 Å². The average Bonchev–Trinajstić information content (AvgIpc) is 3.05. The van der Waals surface area contributed by atoms with E-state index in [0.29, 0.717) is 0 Å². The fourth-order valence-corrected chi connectivity index (χ4v) is 5.49. The van der Waals surface area contributed by atoms with Crippen molar-refractivity contribution in [2.24, 2.45) is 0 Å². The molecule has 10 atom stereocenters. The number of carbonyl (C=O) groups excluding carboxylic acids is 1. The summed E-state index contributed by atoms with van der Waals surface area (Å²) in [6, 6.07) is -0.139. The minimum atomic E-state index is -5.50. The number of phosphoric acid groups is 2. The highest BCUT2D eigenvalue weighted by molar-refractivity contribution is 7.61. The van der Waals surface area contributed by atoms with Crippen molar-refractivity contribution < 1.29 is 67.0 Å². The van der Waals surface area contributed by atoms with Crippen molar-refractivity contribution in [2.45, 2.75) is 49.1 Å². The second-order valence-electron chi connectivity index (χ2n) is 7.56. The maximum atomic E-state index is 12.1. The van der Waals surface area contributed by atoms with Crippen LogP contribution in [0.25, 0.3) is 0 Å². The molecule has 204 valence electrons. The number of aliphatic hydroxyl groups is 4. The molecule has 3 rings (SSSR count). The Morgan fingerprint density at radius 2 is 1.81 bits per heavy atom. The summed E-state index contributed by atoms with van der Waals surface area (Å²) in [5.74, 6) is 0. The first-order valence-corrected chi connectivity index (χ1v) is 12.9. The van der Waals surface area contributed by atoms with Gasteiger partial charge in [-0.3, -0.25) is 28.2 Å². The molecule has 1 aromatic heterocycles. The van der Waals surface area contributed by atoms with Gasteiger partial charge >= 0.3 is 21.3 Å². The minimum Gasteiger partial charge on any atom is -0.388 e. The molecule has 2 saturated heterocycles. The number of aliphatic hydroxyl groups excluding tert-OH is 4. The zero-order valence-electron chi connectivity index (χ0n) is 17.9. The van der Waals surface area contributed by atoms with E-state index >= 15 is 0 Å². The highest BCUT2D eigenvalue weighted by Gasteiger charge is 2.48. The second-order valence-corrected chi connectivity index (χ2v) is 10.6. The van der Waals surface area contributed by atoms with E-state index in [-0.39, 0.29) is 6.41 Å². The average molecular weight is 563 g/mol. The largest absolute Gasteiger partial charge is 0.483 e. The molecule has 1 aromatic rings. The number of nitrogens with one attached hydrogen (secondary N) is 2. The SMILES string of the molecule is O=CN[C@H]1CO[C@@H](OP(=O)(O)OP(=O)(O)OC[C@H]2O[C@@H](n3ccc(=O)[nH]c3=O)[C@H](O)[C@@H]2O)[C@H](O)[C@H]1O. The zero-order chi connectivity index (χ0) is 26.8. The number of phosphoric ester groups is 2. The molecule has 21 heteroatoms. The third-order valence-electron chi connectivity index (χ3n) is 5.07. The molecule has 19 nitrogen and oxygen atoms in total. The fourth-order valence-electron chi connectivity index (χ4n) is 3.32. The number of hydrogen-bond acceptors (Lipinski definition) is 14. The number of ether oxygens (including phenoxy) is 2. The maximum absolute atomic E-state index is 12.1. The van der Waals surface area contributed by atoms with Gasteiger partial charge in [0, 0.05) is 12.3 Å². The summed E-state index contributed by atoms with van der Waals surface area (Å²) < 4.78 is 48.3. The van der Waals surface area contributed by atoms with Gasteiger partial charge in [-0.15, -0.1) is 0 Å². The van der Waals surface area contributed by atoms with Crippen molar-refractivity contribution >= 4 is 22.1 Å². The lowest BCUT2D eigenvalue weighted by Crippen LogP contribution is -2.58. The summed E-state index contributed by atoms with van der Waals surface area (Å²) in [7, 11) is -10.9. The number of amides is 1. The van der Waals surface area contributed by atoms with Crippen molar-refractivity contribution in [2.75, 3.05) is 13.2 Å². The minimum absolute atomic E-state index is 0.218. The Labute approximate surface area is 200 Å². The molecular formula is C15H23N3O16P2. The highest BCUT2D eigenvalue weighted by Crippen LogP contribution is 2.61. The van der Waals surface area contributed by atoms with E-state index in [9.17, 15) is 53.7 Å². The number of hydrogen-bond donors (Lipinski definition) is 8. The molecule has 36 heavy (non-hydrogen) atoms. The van der Waals surface area contributed by atoms with Gasteiger partial charge in [0.15, 0.2) is 12.5 Å². The molecule has 0 aromatic carbocycles. The van der Waals surface area contributed by atoms with Crippen molar-refractivity contribution in [3.05, 3.63) is 33.1 Å². The molecule has 8 N–H and O–H groups in total. The number of H-pyrrole nitrogens is 1. The molecular weight excluding hydrogens is 540 g/mol. The standard InChI is InChI=1S/C15H23N3O16P2/c19-5-16-6-3-30-14(12(24)9(6)21)33-36(28,29)34-35(26,27)31-4-7-10(22)11(23)13(32-7)18-2-1-8(20)17-15(18)25/h1-2,5-7,9-14,21-24H,3-4H2,(H,16,19)(H,26,27)(H,28,29)(H,17,20,25)/t6-,7+,9-,10+,11+,12+,13+,14-/m0/s1. The third-order valence-corrected chi connectivity index (χ3v) is 7.67. The number of rotatable bonds is 10. The molecule has 1 amide bonds. The quantitative estimate of drug-likeness (QED) is 0.0985. The van der Waals surface area contributed by atoms with Crippen molar-refractivity contribution in [1.29, 1.82) is 0 Å². The van der Waals surface area contributed by atoms with Crippen LogP contribution in [0.2, 0.25) is 0 Å². The lowest BCUT2D eigenvalue weighted by Gasteiger charge is -2.37. The molecule has 0 aliphatic carbocycles. The maximum Gasteiger partial charge on any atom is 0.483 e. The molecule has 2 fully saturated rings. The first-order valence-electron chi connectivity index (χ1n) is 9.95. The zero-order valence-corrected chi connectivity index (χ0v) is 19.7. The Hall–Kier alpha value is -1.83. The normalized spacial score (nSPS) is 36.1. The molecule has 3 heterocycles. The van der Waals surface area contributed by atoms with E-state index in [1.54, 1.807) is 0 Å². The Bertz CT molecular complexity index is 1140. The second kappa shape index (κ2) is 11.3. The highest BCUT2D eigenvalue weighted by atomic mass is 31.3. The fraction of sp³-hybridized carbons (Fsp3) is 0.667. The summed E-state index contributed by atoms with van der Waals surface area (Å²) in [6.07, 6.45) is -11.1. The van der Waals surface area contributed by atoms with Gasteiger partial charge in [0.05, 0.1) is 19.3 Å². The predicted molar refractivity (Wildman–Crippen MR) is 110 cm³/mol. The number of aromatic amines is 1. The van der Waals surface area contributed by atoms with E-state index in [0.717, 1.165) is 16.8 Å². The van der Waals surface area contributed by atoms with Crippen molar-refractivity contribution in [3.8, 4) is 0 Å². The van der Waals surface area contributed by atoms with Crippen LogP contribution in [0.1, 0.15) is 6.23 Å². The van der Waals surface area contributed by atoms with Gasteiger partial charge in [-0.25, -0.2) is 13.9 Å². The lowest BCUT2D eigenvalue weighted by atomic mass is 10.0. The molecule has 2 aliphatic heterocycles. The Balaban J connectivity index is 1.58. The van der Waals surface area contributed by atoms with Crippen LogP contribution in [0.4, 0.5) is 0 Å². The van der Waals surface area contributed by atoms with Gasteiger partial charge in [-0.1, -0.05) is 0 Å². The number of nitrogens with zero attached hydrogens (tertiary/aromatic N) is 1. The molecule has 0 spiro atoms. The van der Waals surface area contributed by atoms with E-state index < -0.39 is 89.2 Å². The molecule has 0 radical (unpaired) electrons. The Kier molecular flexibility index (Phi) is 9.00. The van der Waals surface area contributed by atoms with Gasteiger partial charge in [0.1, 0.15) is 30.5 Å². The van der Waals surface area contributed by atoms with Gasteiger partial charge in [-0.2, -0.15) is 4.31 Å². The first kappa shape index (κ1) is 28.7. The monoisotopic (exact) mass is 563 g/mol. The van der Waals surface area contributed by atoms with E-state index in [1.165, 1.54) is 0 Å². The molecule has 0 bridgehead atoms. The smallest absolute Gasteiger partial charge is 0.388 e. The van der Waals surface area contributed by atoms with Gasteiger partial charge in [0.25, 0.3) is 5.56 Å². The summed E-state index contributed by atoms with van der Waals surface area (Å²) in [5.41, 5.74) is -1.73. The van der Waals surface area contributed by atoms with Crippen LogP contribution >= 0.6 is 15.6 Å². The summed E-state index contributed by atoms with van der Waals surface area (Å²) >= 11 is 0. The summed E-state index contributed by atoms with van der Waals surface area (Å²) in [4.78, 5) is 55.0. The van der Waals surface area contributed by atoms with E-state index in [4.69, 9.17) is 9.47 Å². The van der Waals surface area contributed by atoms with Crippen LogP contribution < -0.4 is 16.6 Å². The van der Waals surface area contributed by atoms with E-state index in [1.807, 2.05) is 4.98 Å². The van der Waals surface area contributed by atoms with Crippen LogP contribution in [-0.4, -0.2) is 102 Å². The van der Waals surface area contributed by atoms with Crippen LogP contribution in [0.5, 0.6) is 0 Å². The summed E-state index contributed by atoms with van der Waals surface area (Å²) in [6.45, 7) is -1.46. The van der Waals surface area contributed by atoms with Crippen LogP contribution in [0.15, 0.2) is 21.9 Å². The third kappa shape index (κ3) is 6.73. The van der Waals surface area contributed by atoms with Crippen LogP contribution in [-0.2, 0) is 36.8 Å². The summed E-state index contributed by atoms with van der Waals surface area (Å²) in [5, 5.41) is 42.2. The van der Waals surface area contributed by atoms with E-state index in [2.05, 4.69) is 18.7 Å². The van der Waals surface area contributed by atoms with Crippen LogP contribution in [0, 0.1) is 0 Å². The van der Waals surface area contributed by atoms with Crippen molar-refractivity contribution in [3.63, 3.8) is 0 Å². The molecule has 2 aliphatic rings. The Morgan fingerprint density at radius 1 is 1.11 bits per heavy atom. The predicted octanol–water partition coefficient (Wildman–Crippen LogP) is -4.40. The number of carbonyl (C=O) groups is 1. The number of aromatic nitrogens is 2. The Morgan fingerprint density at radius 3 is 2.44 bits per heavy atom. The first-order chi connectivity index (χ1) is 16.7. The molecule has 0 saturated carbocycles.